The van der Waals surface area contributed by atoms with Gasteiger partial charge in [-0.2, -0.15) is 0 Å². The number of hydrogen-bond acceptors (Lipinski definition) is 5. The van der Waals surface area contributed by atoms with Gasteiger partial charge >= 0.3 is 11.9 Å². The Hall–Kier alpha value is -0.670. The van der Waals surface area contributed by atoms with E-state index < -0.39 is 6.10 Å². The molecule has 0 bridgehead atoms. The molecule has 2 unspecified atom stereocenters. The van der Waals surface area contributed by atoms with Gasteiger partial charge in [0.05, 0.1) is 6.61 Å². The summed E-state index contributed by atoms with van der Waals surface area (Å²) < 4.78 is 16.0. The van der Waals surface area contributed by atoms with Crippen LogP contribution in [0.1, 0.15) is 206 Å². The molecule has 0 aliphatic carbocycles. The van der Waals surface area contributed by atoms with Gasteiger partial charge < -0.3 is 14.0 Å². The van der Waals surface area contributed by atoms with Gasteiger partial charge in [0, 0.05) is 22.3 Å². The van der Waals surface area contributed by atoms with Crippen molar-refractivity contribution < 1.29 is 23.6 Å². The Kier molecular flexibility index (Phi) is 35.2. The van der Waals surface area contributed by atoms with Crippen LogP contribution in [0.4, 0.5) is 0 Å². The maximum atomic E-state index is 12.3. The van der Waals surface area contributed by atoms with Crippen molar-refractivity contribution in [3.63, 3.8) is 0 Å². The molecule has 0 amide bonds. The lowest BCUT2D eigenvalue weighted by molar-refractivity contribution is -0.160. The predicted molar refractivity (Wildman–Crippen MR) is 186 cm³/mol. The molecule has 0 aliphatic heterocycles. The first-order valence-electron chi connectivity index (χ1n) is 18.8. The molecule has 0 spiro atoms. The van der Waals surface area contributed by atoms with Crippen molar-refractivity contribution in [2.75, 3.05) is 13.2 Å². The Morgan fingerprint density at radius 1 is 0.442 bits per heavy atom. The molecule has 0 heterocycles. The molecule has 2 atom stereocenters. The van der Waals surface area contributed by atoms with Crippen molar-refractivity contribution in [1.82, 2.24) is 0 Å². The molecule has 0 aromatic heterocycles. The number of hydrogen-bond donors (Lipinski definition) is 0. The zero-order valence-corrected chi connectivity index (χ0v) is 30.0. The van der Waals surface area contributed by atoms with E-state index >= 15 is 0 Å². The second-order valence-corrected chi connectivity index (χ2v) is 13.2. The van der Waals surface area contributed by atoms with Crippen LogP contribution in [0.5, 0.6) is 0 Å². The van der Waals surface area contributed by atoms with Gasteiger partial charge in [-0.1, -0.05) is 181 Å². The van der Waals surface area contributed by atoms with E-state index in [1.54, 1.807) is 0 Å². The van der Waals surface area contributed by atoms with Crippen molar-refractivity contribution in [2.24, 2.45) is 0 Å². The second-order valence-electron chi connectivity index (χ2n) is 12.8. The summed E-state index contributed by atoms with van der Waals surface area (Å²) in [7, 11) is 2.18. The van der Waals surface area contributed by atoms with Gasteiger partial charge in [-0.15, -0.1) is 0 Å². The van der Waals surface area contributed by atoms with Crippen molar-refractivity contribution in [3.05, 3.63) is 0 Å². The molecule has 43 heavy (non-hydrogen) atoms. The molecule has 0 radical (unpaired) electrons. The molecule has 0 fully saturated rings. The lowest BCUT2D eigenvalue weighted by atomic mass is 10.0. The zero-order valence-electron chi connectivity index (χ0n) is 28.8. The van der Waals surface area contributed by atoms with Crippen LogP contribution in [0.15, 0.2) is 0 Å². The Balaban J connectivity index is 3.61. The Morgan fingerprint density at radius 3 is 1.07 bits per heavy atom. The van der Waals surface area contributed by atoms with Gasteiger partial charge in [0.25, 0.3) is 0 Å². The maximum absolute atomic E-state index is 12.3. The van der Waals surface area contributed by atoms with Gasteiger partial charge in [0.1, 0.15) is 6.61 Å². The molecule has 0 saturated heterocycles. The van der Waals surface area contributed by atoms with E-state index in [9.17, 15) is 9.59 Å². The highest BCUT2D eigenvalue weighted by molar-refractivity contribution is 7.09. The van der Waals surface area contributed by atoms with Crippen molar-refractivity contribution in [3.8, 4) is 0 Å². The van der Waals surface area contributed by atoms with Gasteiger partial charge in [-0.25, -0.2) is 0 Å². The second kappa shape index (κ2) is 35.8. The fourth-order valence-corrected chi connectivity index (χ4v) is 5.87. The summed E-state index contributed by atoms with van der Waals surface area (Å²) in [6.45, 7) is 4.82. The van der Waals surface area contributed by atoms with E-state index in [0.717, 1.165) is 25.7 Å². The number of unbranched alkanes of at least 4 members (excludes halogenated alkanes) is 26. The van der Waals surface area contributed by atoms with Crippen LogP contribution in [0.25, 0.3) is 0 Å². The standard InChI is InChI=1S/C37H73O5P/c1-3-5-7-9-11-13-15-17-19-21-23-25-27-29-31-36(38)40-33-35(34-41-43)42-37(39)32-30-28-26-24-22-20-18-16-14-12-10-8-6-4-2/h35H,3-34,43H2,1-2H3. The highest BCUT2D eigenvalue weighted by Gasteiger charge is 2.17. The highest BCUT2D eigenvalue weighted by atomic mass is 31.0. The zero-order chi connectivity index (χ0) is 31.5. The Bertz CT molecular complexity index is 585. The molecule has 5 nitrogen and oxygen atoms in total. The first-order chi connectivity index (χ1) is 21.1. The van der Waals surface area contributed by atoms with Gasteiger partial charge in [-0.3, -0.25) is 9.59 Å². The lowest BCUT2D eigenvalue weighted by Gasteiger charge is -2.17. The first kappa shape index (κ1) is 42.3. The van der Waals surface area contributed by atoms with Crippen LogP contribution in [0.3, 0.4) is 0 Å². The number of rotatable bonds is 35. The Morgan fingerprint density at radius 2 is 0.744 bits per heavy atom. The third-order valence-electron chi connectivity index (χ3n) is 8.48. The van der Waals surface area contributed by atoms with E-state index in [0.29, 0.717) is 12.8 Å². The smallest absolute Gasteiger partial charge is 0.306 e. The van der Waals surface area contributed by atoms with Crippen LogP contribution in [-0.2, 0) is 23.6 Å². The molecular formula is C37H73O5P. The normalized spacial score (nSPS) is 12.0. The lowest BCUT2D eigenvalue weighted by Crippen LogP contribution is -2.28. The molecule has 0 rings (SSSR count). The van der Waals surface area contributed by atoms with Gasteiger partial charge in [-0.05, 0) is 12.8 Å². The number of ether oxygens (including phenoxy) is 2. The summed E-state index contributed by atoms with van der Waals surface area (Å²) >= 11 is 0. The fraction of sp³-hybridized carbons (Fsp3) is 0.946. The average Bonchev–Trinajstić information content (AvgIpc) is 3.00. The summed E-state index contributed by atoms with van der Waals surface area (Å²) in [4.78, 5) is 24.5. The highest BCUT2D eigenvalue weighted by Crippen LogP contribution is 2.15. The minimum Gasteiger partial charge on any atom is -0.462 e. The summed E-state index contributed by atoms with van der Waals surface area (Å²) in [6, 6.07) is 0. The number of carbonyl (C=O) groups is 2. The minimum absolute atomic E-state index is 0.0658. The first-order valence-corrected chi connectivity index (χ1v) is 19.3. The van der Waals surface area contributed by atoms with Crippen molar-refractivity contribution in [2.45, 2.75) is 213 Å². The van der Waals surface area contributed by atoms with Crippen LogP contribution in [0.2, 0.25) is 0 Å². The summed E-state index contributed by atoms with van der Waals surface area (Å²) in [5, 5.41) is 0. The third kappa shape index (κ3) is 34.1. The van der Waals surface area contributed by atoms with Gasteiger partial charge in [0.2, 0.25) is 0 Å². The monoisotopic (exact) mass is 629 g/mol. The Labute approximate surface area is 270 Å². The quantitative estimate of drug-likeness (QED) is 0.0397. The third-order valence-corrected chi connectivity index (χ3v) is 8.67. The molecular weight excluding hydrogens is 555 g/mol. The summed E-state index contributed by atoms with van der Waals surface area (Å²) in [5.41, 5.74) is 0. The molecule has 256 valence electrons. The molecule has 0 aliphatic rings. The van der Waals surface area contributed by atoms with Crippen molar-refractivity contribution in [1.29, 1.82) is 0 Å². The van der Waals surface area contributed by atoms with E-state index in [2.05, 4.69) is 23.3 Å². The average molecular weight is 629 g/mol. The number of esters is 2. The van der Waals surface area contributed by atoms with E-state index in [-0.39, 0.29) is 25.2 Å². The fourth-order valence-electron chi connectivity index (χ4n) is 5.65. The van der Waals surface area contributed by atoms with Crippen LogP contribution in [-0.4, -0.2) is 31.3 Å². The topological polar surface area (TPSA) is 61.8 Å². The molecule has 0 aromatic rings. The molecule has 0 saturated carbocycles. The van der Waals surface area contributed by atoms with E-state index in [1.807, 2.05) is 0 Å². The largest absolute Gasteiger partial charge is 0.462 e. The summed E-state index contributed by atoms with van der Waals surface area (Å²) in [6.07, 6.45) is 36.5. The SMILES string of the molecule is CCCCCCCCCCCCCCCCC(=O)OCC(COP)OC(=O)CCCCCCCCCCCCCCCC. The van der Waals surface area contributed by atoms with Gasteiger partial charge in [0.15, 0.2) is 6.10 Å². The predicted octanol–water partition coefficient (Wildman–Crippen LogP) is 12.0. The maximum Gasteiger partial charge on any atom is 0.306 e. The van der Waals surface area contributed by atoms with E-state index in [4.69, 9.17) is 14.0 Å². The molecule has 0 aromatic carbocycles. The molecule has 0 N–H and O–H groups in total. The van der Waals surface area contributed by atoms with Crippen LogP contribution >= 0.6 is 9.47 Å². The summed E-state index contributed by atoms with van der Waals surface area (Å²) in [5.74, 6) is -0.440. The molecule has 6 heteroatoms. The van der Waals surface area contributed by atoms with E-state index in [1.165, 1.54) is 154 Å². The van der Waals surface area contributed by atoms with Crippen molar-refractivity contribution >= 4 is 21.4 Å². The minimum atomic E-state index is -0.545. The van der Waals surface area contributed by atoms with Crippen LogP contribution < -0.4 is 0 Å². The number of carbonyl (C=O) groups excluding carboxylic acids is 2. The van der Waals surface area contributed by atoms with Crippen LogP contribution in [0, 0.1) is 0 Å².